The molecule has 3 aromatic carbocycles. The van der Waals surface area contributed by atoms with E-state index in [4.69, 9.17) is 0 Å². The van der Waals surface area contributed by atoms with Gasteiger partial charge in [-0.2, -0.15) is 0 Å². The van der Waals surface area contributed by atoms with Gasteiger partial charge in [0.1, 0.15) is 0 Å². The van der Waals surface area contributed by atoms with Crippen LogP contribution in [0, 0.1) is 6.92 Å². The smallest absolute Gasteiger partial charge is 0.257 e. The minimum Gasteiger partial charge on any atom is -0.326 e. The van der Waals surface area contributed by atoms with Crippen LogP contribution in [-0.4, -0.2) is 17.7 Å². The number of amides is 3. The van der Waals surface area contributed by atoms with Crippen molar-refractivity contribution in [1.82, 2.24) is 0 Å². The van der Waals surface area contributed by atoms with E-state index in [0.717, 1.165) is 5.56 Å². The summed E-state index contributed by atoms with van der Waals surface area (Å²) in [6.45, 7) is 3.24. The van der Waals surface area contributed by atoms with Crippen LogP contribution >= 0.6 is 0 Å². The predicted molar refractivity (Wildman–Crippen MR) is 114 cm³/mol. The maximum Gasteiger partial charge on any atom is 0.257 e. The Balaban J connectivity index is 1.82. The largest absolute Gasteiger partial charge is 0.326 e. The van der Waals surface area contributed by atoms with Crippen molar-refractivity contribution in [2.24, 2.45) is 0 Å². The zero-order valence-corrected chi connectivity index (χ0v) is 16.2. The standard InChI is InChI=1S/C23H21N3O3/c1-15-19(24-16(2)27)13-8-14-20(15)25-23(29)18-11-6-7-12-21(18)26-22(28)17-9-4-3-5-10-17/h3-14H,1-2H3,(H,24,27)(H,25,29)(H,26,28). The summed E-state index contributed by atoms with van der Waals surface area (Å²) in [5.74, 6) is -0.850. The molecule has 0 bridgehead atoms. The van der Waals surface area contributed by atoms with Gasteiger partial charge in [0.2, 0.25) is 5.91 Å². The second-order valence-electron chi connectivity index (χ2n) is 6.48. The lowest BCUT2D eigenvalue weighted by atomic mass is 10.1. The third-order valence-corrected chi connectivity index (χ3v) is 4.35. The van der Waals surface area contributed by atoms with Gasteiger partial charge in [-0.1, -0.05) is 36.4 Å². The van der Waals surface area contributed by atoms with Gasteiger partial charge in [-0.3, -0.25) is 14.4 Å². The molecule has 0 saturated carbocycles. The van der Waals surface area contributed by atoms with Gasteiger partial charge >= 0.3 is 0 Å². The van der Waals surface area contributed by atoms with Gasteiger partial charge in [0.25, 0.3) is 11.8 Å². The lowest BCUT2D eigenvalue weighted by Gasteiger charge is -2.15. The summed E-state index contributed by atoms with van der Waals surface area (Å²) in [6.07, 6.45) is 0. The van der Waals surface area contributed by atoms with Crippen LogP contribution in [0.25, 0.3) is 0 Å². The number of carbonyl (C=O) groups is 3. The molecule has 0 aromatic heterocycles. The van der Waals surface area contributed by atoms with Gasteiger partial charge in [0, 0.05) is 23.9 Å². The first kappa shape index (κ1) is 19.8. The van der Waals surface area contributed by atoms with Crippen molar-refractivity contribution in [2.45, 2.75) is 13.8 Å². The average Bonchev–Trinajstić information content (AvgIpc) is 2.71. The van der Waals surface area contributed by atoms with Crippen molar-refractivity contribution in [3.8, 4) is 0 Å². The number of para-hydroxylation sites is 1. The molecule has 3 N–H and O–H groups in total. The van der Waals surface area contributed by atoms with Crippen molar-refractivity contribution >= 4 is 34.8 Å². The number of benzene rings is 3. The van der Waals surface area contributed by atoms with Crippen LogP contribution in [0.3, 0.4) is 0 Å². The summed E-state index contributed by atoms with van der Waals surface area (Å²) < 4.78 is 0. The normalized spacial score (nSPS) is 10.1. The van der Waals surface area contributed by atoms with E-state index in [9.17, 15) is 14.4 Å². The van der Waals surface area contributed by atoms with Gasteiger partial charge in [-0.25, -0.2) is 0 Å². The fourth-order valence-electron chi connectivity index (χ4n) is 2.86. The van der Waals surface area contributed by atoms with Crippen LogP contribution in [0.2, 0.25) is 0 Å². The van der Waals surface area contributed by atoms with Gasteiger partial charge in [-0.15, -0.1) is 0 Å². The Bertz CT molecular complexity index is 1060. The molecule has 0 spiro atoms. The highest BCUT2D eigenvalue weighted by Gasteiger charge is 2.15. The molecule has 3 aromatic rings. The van der Waals surface area contributed by atoms with E-state index in [1.807, 2.05) is 13.0 Å². The van der Waals surface area contributed by atoms with E-state index < -0.39 is 0 Å². The molecule has 3 amide bonds. The Kier molecular flexibility index (Phi) is 6.04. The number of nitrogens with one attached hydrogen (secondary N) is 3. The quantitative estimate of drug-likeness (QED) is 0.604. The molecule has 0 unspecified atom stereocenters. The van der Waals surface area contributed by atoms with Crippen LogP contribution in [-0.2, 0) is 4.79 Å². The first-order valence-corrected chi connectivity index (χ1v) is 9.09. The van der Waals surface area contributed by atoms with E-state index in [0.29, 0.717) is 28.2 Å². The molecule has 0 atom stereocenters. The minimum atomic E-state index is -0.364. The van der Waals surface area contributed by atoms with Crippen molar-refractivity contribution in [2.75, 3.05) is 16.0 Å². The van der Waals surface area contributed by atoms with Gasteiger partial charge < -0.3 is 16.0 Å². The van der Waals surface area contributed by atoms with E-state index in [1.165, 1.54) is 6.92 Å². The topological polar surface area (TPSA) is 87.3 Å². The SMILES string of the molecule is CC(=O)Nc1cccc(NC(=O)c2ccccc2NC(=O)c2ccccc2)c1C. The van der Waals surface area contributed by atoms with Crippen LogP contribution in [0.1, 0.15) is 33.2 Å². The molecule has 3 rings (SSSR count). The molecule has 146 valence electrons. The Morgan fingerprint density at radius 3 is 1.86 bits per heavy atom. The molecule has 0 aliphatic carbocycles. The molecule has 6 heteroatoms. The molecule has 0 radical (unpaired) electrons. The van der Waals surface area contributed by atoms with Gasteiger partial charge in [-0.05, 0) is 48.9 Å². The molecular formula is C23H21N3O3. The van der Waals surface area contributed by atoms with Crippen LogP contribution < -0.4 is 16.0 Å². The lowest BCUT2D eigenvalue weighted by Crippen LogP contribution is -2.19. The number of hydrogen-bond donors (Lipinski definition) is 3. The Labute approximate surface area is 169 Å². The fourth-order valence-corrected chi connectivity index (χ4v) is 2.86. The molecule has 0 aliphatic heterocycles. The summed E-state index contributed by atoms with van der Waals surface area (Å²) in [5, 5.41) is 8.38. The number of hydrogen-bond acceptors (Lipinski definition) is 3. The second kappa shape index (κ2) is 8.84. The molecule has 0 fully saturated rings. The first-order valence-electron chi connectivity index (χ1n) is 9.09. The van der Waals surface area contributed by atoms with Crippen LogP contribution in [0.15, 0.2) is 72.8 Å². The monoisotopic (exact) mass is 387 g/mol. The van der Waals surface area contributed by atoms with E-state index in [2.05, 4.69) is 16.0 Å². The summed E-state index contributed by atoms with van der Waals surface area (Å²) in [4.78, 5) is 36.7. The van der Waals surface area contributed by atoms with Crippen molar-refractivity contribution in [3.05, 3.63) is 89.5 Å². The van der Waals surface area contributed by atoms with Crippen molar-refractivity contribution in [3.63, 3.8) is 0 Å². The van der Waals surface area contributed by atoms with Crippen LogP contribution in [0.4, 0.5) is 17.1 Å². The van der Waals surface area contributed by atoms with Crippen molar-refractivity contribution < 1.29 is 14.4 Å². The Morgan fingerprint density at radius 2 is 1.17 bits per heavy atom. The third-order valence-electron chi connectivity index (χ3n) is 4.35. The van der Waals surface area contributed by atoms with E-state index >= 15 is 0 Å². The second-order valence-corrected chi connectivity index (χ2v) is 6.48. The third kappa shape index (κ3) is 4.87. The molecular weight excluding hydrogens is 366 g/mol. The summed E-state index contributed by atoms with van der Waals surface area (Å²) in [7, 11) is 0. The summed E-state index contributed by atoms with van der Waals surface area (Å²) >= 11 is 0. The Morgan fingerprint density at radius 1 is 0.621 bits per heavy atom. The van der Waals surface area contributed by atoms with E-state index in [1.54, 1.807) is 66.7 Å². The molecule has 29 heavy (non-hydrogen) atoms. The maximum atomic E-state index is 12.9. The highest BCUT2D eigenvalue weighted by atomic mass is 16.2. The number of carbonyl (C=O) groups excluding carboxylic acids is 3. The molecule has 0 aliphatic rings. The summed E-state index contributed by atoms with van der Waals surface area (Å²) in [6, 6.07) is 20.9. The maximum absolute atomic E-state index is 12.9. The molecule has 6 nitrogen and oxygen atoms in total. The van der Waals surface area contributed by atoms with Gasteiger partial charge in [0.05, 0.1) is 11.3 Å². The average molecular weight is 387 g/mol. The summed E-state index contributed by atoms with van der Waals surface area (Å²) in [5.41, 5.74) is 3.19. The van der Waals surface area contributed by atoms with Crippen molar-refractivity contribution in [1.29, 1.82) is 0 Å². The zero-order chi connectivity index (χ0) is 20.8. The van der Waals surface area contributed by atoms with E-state index in [-0.39, 0.29) is 17.7 Å². The van der Waals surface area contributed by atoms with Gasteiger partial charge in [0.15, 0.2) is 0 Å². The Hall–Kier alpha value is -3.93. The lowest BCUT2D eigenvalue weighted by molar-refractivity contribution is -0.114. The highest BCUT2D eigenvalue weighted by molar-refractivity contribution is 6.12. The predicted octanol–water partition coefficient (Wildman–Crippen LogP) is 4.46. The fraction of sp³-hybridized carbons (Fsp3) is 0.0870. The number of anilines is 3. The number of rotatable bonds is 5. The van der Waals surface area contributed by atoms with Crippen LogP contribution in [0.5, 0.6) is 0 Å². The zero-order valence-electron chi connectivity index (χ0n) is 16.2. The first-order chi connectivity index (χ1) is 14.0. The molecule has 0 saturated heterocycles. The minimum absolute atomic E-state index is 0.189. The highest BCUT2D eigenvalue weighted by Crippen LogP contribution is 2.25. The molecule has 0 heterocycles.